The molecule has 41 heavy (non-hydrogen) atoms. The van der Waals surface area contributed by atoms with E-state index < -0.39 is 7.14 Å². The van der Waals surface area contributed by atoms with Crippen LogP contribution in [0.25, 0.3) is 33.3 Å². The maximum absolute atomic E-state index is 13.4. The minimum Gasteiger partial charge on any atom is -0.485 e. The van der Waals surface area contributed by atoms with Gasteiger partial charge in [-0.15, -0.1) is 0 Å². The molecule has 7 rings (SSSR count). The van der Waals surface area contributed by atoms with Crippen LogP contribution in [-0.4, -0.2) is 61.2 Å². The highest BCUT2D eigenvalue weighted by molar-refractivity contribution is 7.71. The second kappa shape index (κ2) is 9.60. The lowest BCUT2D eigenvalue weighted by atomic mass is 10.1. The van der Waals surface area contributed by atoms with Gasteiger partial charge in [-0.1, -0.05) is 0 Å². The van der Waals surface area contributed by atoms with Gasteiger partial charge in [-0.2, -0.15) is 15.1 Å². The number of nitrogens with zero attached hydrogens (tertiary/aromatic N) is 6. The third kappa shape index (κ3) is 4.42. The molecule has 1 aliphatic heterocycles. The van der Waals surface area contributed by atoms with Gasteiger partial charge in [-0.05, 0) is 49.7 Å². The topological polar surface area (TPSA) is 145 Å². The number of hydrogen-bond donors (Lipinski definition) is 3. The van der Waals surface area contributed by atoms with Crippen LogP contribution in [0.5, 0.6) is 11.5 Å². The molecular formula is C28H26N9O3P. The number of nitrogens with one attached hydrogen (secondary N) is 3. The highest BCUT2D eigenvalue weighted by atomic mass is 31.2. The zero-order valence-corrected chi connectivity index (χ0v) is 23.4. The molecule has 0 bridgehead atoms. The van der Waals surface area contributed by atoms with Crippen LogP contribution in [0, 0.1) is 0 Å². The lowest BCUT2D eigenvalue weighted by molar-refractivity contribution is 0.173. The van der Waals surface area contributed by atoms with Crippen molar-refractivity contribution in [1.29, 1.82) is 0 Å². The van der Waals surface area contributed by atoms with Crippen LogP contribution in [-0.2, 0) is 11.6 Å². The van der Waals surface area contributed by atoms with Crippen molar-refractivity contribution in [3.8, 4) is 22.8 Å². The number of aromatic amines is 1. The van der Waals surface area contributed by atoms with Crippen LogP contribution in [0.4, 0.5) is 23.1 Å². The lowest BCUT2D eigenvalue weighted by Gasteiger charge is -2.24. The summed E-state index contributed by atoms with van der Waals surface area (Å²) in [5, 5.41) is 12.4. The Morgan fingerprint density at radius 2 is 1.71 bits per heavy atom. The summed E-state index contributed by atoms with van der Waals surface area (Å²) in [6, 6.07) is 11.4. The molecule has 12 nitrogen and oxygen atoms in total. The second-order valence-electron chi connectivity index (χ2n) is 9.98. The first kappa shape index (κ1) is 25.0. The van der Waals surface area contributed by atoms with Gasteiger partial charge in [0.05, 0.1) is 33.3 Å². The molecule has 0 spiro atoms. The van der Waals surface area contributed by atoms with E-state index in [1.807, 2.05) is 43.4 Å². The first-order chi connectivity index (χ1) is 19.9. The zero-order chi connectivity index (χ0) is 28.1. The van der Waals surface area contributed by atoms with Gasteiger partial charge >= 0.3 is 0 Å². The Labute approximate surface area is 234 Å². The van der Waals surface area contributed by atoms with Crippen molar-refractivity contribution in [2.24, 2.45) is 7.05 Å². The quantitative estimate of drug-likeness (QED) is 0.240. The fourth-order valence-corrected chi connectivity index (χ4v) is 6.48. The van der Waals surface area contributed by atoms with Gasteiger partial charge in [-0.3, -0.25) is 14.6 Å². The molecule has 0 aliphatic carbocycles. The van der Waals surface area contributed by atoms with E-state index in [1.165, 1.54) is 0 Å². The van der Waals surface area contributed by atoms with Gasteiger partial charge in [0, 0.05) is 37.4 Å². The molecule has 6 aromatic rings. The minimum absolute atomic E-state index is 0.338. The van der Waals surface area contributed by atoms with Crippen molar-refractivity contribution in [2.45, 2.75) is 0 Å². The number of aromatic nitrogens is 7. The van der Waals surface area contributed by atoms with Gasteiger partial charge in [0.1, 0.15) is 37.3 Å². The fraction of sp³-hybridized carbons (Fsp3) is 0.179. The molecule has 2 aromatic carbocycles. The van der Waals surface area contributed by atoms with Gasteiger partial charge in [-0.25, -0.2) is 0 Å². The maximum Gasteiger partial charge on any atom is 0.231 e. The molecule has 0 saturated carbocycles. The Morgan fingerprint density at radius 1 is 0.902 bits per heavy atom. The zero-order valence-electron chi connectivity index (χ0n) is 22.5. The smallest absolute Gasteiger partial charge is 0.231 e. The fourth-order valence-electron chi connectivity index (χ4n) is 5.08. The van der Waals surface area contributed by atoms with Gasteiger partial charge < -0.3 is 29.7 Å². The van der Waals surface area contributed by atoms with Crippen molar-refractivity contribution in [2.75, 3.05) is 37.2 Å². The third-order valence-corrected chi connectivity index (χ3v) is 8.38. The van der Waals surface area contributed by atoms with Gasteiger partial charge in [0.15, 0.2) is 11.5 Å². The Kier molecular flexibility index (Phi) is 5.86. The van der Waals surface area contributed by atoms with E-state index in [4.69, 9.17) is 14.5 Å². The van der Waals surface area contributed by atoms with E-state index in [9.17, 15) is 4.57 Å². The largest absolute Gasteiger partial charge is 0.485 e. The molecule has 206 valence electrons. The number of aryl methyl sites for hydroxylation is 1. The summed E-state index contributed by atoms with van der Waals surface area (Å²) in [5.41, 5.74) is 5.00. The number of benzene rings is 2. The number of ether oxygens (including phenoxy) is 2. The van der Waals surface area contributed by atoms with Crippen molar-refractivity contribution in [1.82, 2.24) is 34.7 Å². The number of hydrogen-bond acceptors (Lipinski definition) is 10. The number of H-pyrrole nitrogens is 1. The average Bonchev–Trinajstić information content (AvgIpc) is 3.61. The summed E-state index contributed by atoms with van der Waals surface area (Å²) < 4.78 is 27.3. The molecule has 0 atom stereocenters. The highest BCUT2D eigenvalue weighted by Gasteiger charge is 2.25. The highest BCUT2D eigenvalue weighted by Crippen LogP contribution is 2.46. The van der Waals surface area contributed by atoms with Crippen molar-refractivity contribution in [3.05, 3.63) is 61.2 Å². The van der Waals surface area contributed by atoms with Crippen LogP contribution in [0.15, 0.2) is 61.2 Å². The molecule has 13 heteroatoms. The number of rotatable bonds is 6. The molecular weight excluding hydrogens is 541 g/mol. The van der Waals surface area contributed by atoms with Crippen molar-refractivity contribution >= 4 is 57.7 Å². The predicted molar refractivity (Wildman–Crippen MR) is 159 cm³/mol. The van der Waals surface area contributed by atoms with Crippen LogP contribution in [0.1, 0.15) is 0 Å². The third-order valence-electron chi connectivity index (χ3n) is 6.85. The van der Waals surface area contributed by atoms with E-state index in [1.54, 1.807) is 42.8 Å². The molecule has 0 unspecified atom stereocenters. The predicted octanol–water partition coefficient (Wildman–Crippen LogP) is 4.81. The maximum atomic E-state index is 13.4. The average molecular weight is 568 g/mol. The van der Waals surface area contributed by atoms with E-state index in [-0.39, 0.29) is 0 Å². The normalized spacial score (nSPS) is 13.0. The molecule has 0 amide bonds. The molecule has 1 aliphatic rings. The second-order valence-corrected chi connectivity index (χ2v) is 13.1. The van der Waals surface area contributed by atoms with E-state index >= 15 is 0 Å². The molecule has 0 fully saturated rings. The van der Waals surface area contributed by atoms with E-state index in [0.717, 1.165) is 16.6 Å². The van der Waals surface area contributed by atoms with Crippen LogP contribution in [0.2, 0.25) is 0 Å². The summed E-state index contributed by atoms with van der Waals surface area (Å²) in [5.74, 6) is 2.08. The summed E-state index contributed by atoms with van der Waals surface area (Å²) in [4.78, 5) is 21.5. The number of anilines is 4. The molecule has 4 aromatic heterocycles. The standard InChI is InChI=1S/C28H26N9O3P/c1-37-21(9-11-32-37)16-4-5-19(24-23(16)39-14-15-40-24)34-28-35-26-17(8-10-31-26)27(36-28)33-20-7-6-18-22(30-13-12-29-18)25(20)41(2,3)38/h4-13H,14-15H2,1-3H3,(H3,31,33,34,35,36). The molecule has 5 heterocycles. The summed E-state index contributed by atoms with van der Waals surface area (Å²) in [6.07, 6.45) is 6.77. The molecule has 0 saturated heterocycles. The van der Waals surface area contributed by atoms with Gasteiger partial charge in [0.2, 0.25) is 5.95 Å². The van der Waals surface area contributed by atoms with E-state index in [0.29, 0.717) is 69.8 Å². The van der Waals surface area contributed by atoms with Gasteiger partial charge in [0.25, 0.3) is 0 Å². The van der Waals surface area contributed by atoms with Crippen LogP contribution >= 0.6 is 7.14 Å². The summed E-state index contributed by atoms with van der Waals surface area (Å²) >= 11 is 0. The first-order valence-electron chi connectivity index (χ1n) is 13.0. The summed E-state index contributed by atoms with van der Waals surface area (Å²) in [7, 11) is -0.877. The monoisotopic (exact) mass is 567 g/mol. The molecule has 3 N–H and O–H groups in total. The summed E-state index contributed by atoms with van der Waals surface area (Å²) in [6.45, 7) is 4.31. The van der Waals surface area contributed by atoms with Crippen LogP contribution < -0.4 is 25.4 Å². The Hall–Kier alpha value is -4.96. The van der Waals surface area contributed by atoms with Crippen LogP contribution in [0.3, 0.4) is 0 Å². The lowest BCUT2D eigenvalue weighted by Crippen LogP contribution is -2.17. The molecule has 0 radical (unpaired) electrons. The van der Waals surface area contributed by atoms with Crippen molar-refractivity contribution in [3.63, 3.8) is 0 Å². The Balaban J connectivity index is 1.31. The SMILES string of the molecule is Cn1nccc1-c1ccc(Nc2nc(Nc3ccc4nccnc4c3P(C)(C)=O)c3cc[nH]c3n2)c2c1OCCO2. The number of fused-ring (bicyclic) bond motifs is 3. The van der Waals surface area contributed by atoms with E-state index in [2.05, 4.69) is 35.7 Å². The van der Waals surface area contributed by atoms with Crippen molar-refractivity contribution < 1.29 is 14.0 Å². The first-order valence-corrected chi connectivity index (χ1v) is 15.6. The Morgan fingerprint density at radius 3 is 2.51 bits per heavy atom. The Bertz CT molecular complexity index is 2000. The minimum atomic E-state index is -2.76.